The Morgan fingerprint density at radius 1 is 0.690 bits per heavy atom. The van der Waals surface area contributed by atoms with Crippen molar-refractivity contribution in [2.24, 2.45) is 0 Å². The highest BCUT2D eigenvalue weighted by Crippen LogP contribution is 2.36. The molecule has 2 aromatic carbocycles. The van der Waals surface area contributed by atoms with Gasteiger partial charge in [0.15, 0.2) is 0 Å². The quantitative estimate of drug-likeness (QED) is 0.0510. The predicted octanol–water partition coefficient (Wildman–Crippen LogP) is 3.34. The van der Waals surface area contributed by atoms with Crippen LogP contribution in [-0.4, -0.2) is 123 Å². The third-order valence-corrected chi connectivity index (χ3v) is 10.3. The number of carbonyl (C=O) groups is 6. The van der Waals surface area contributed by atoms with Gasteiger partial charge in [-0.3, -0.25) is 24.5 Å². The summed E-state index contributed by atoms with van der Waals surface area (Å²) in [7, 11) is -2.34. The molecule has 0 saturated carbocycles. The number of nitrogens with zero attached hydrogens (tertiary/aromatic N) is 4. The highest BCUT2D eigenvalue weighted by Gasteiger charge is 2.39. The summed E-state index contributed by atoms with van der Waals surface area (Å²) in [6, 6.07) is 6.77. The van der Waals surface area contributed by atoms with Crippen LogP contribution in [0.5, 0.6) is 21.9 Å². The van der Waals surface area contributed by atoms with Crippen LogP contribution in [-0.2, 0) is 47.4 Å². The second kappa shape index (κ2) is 25.5. The van der Waals surface area contributed by atoms with E-state index >= 15 is 0 Å². The van der Waals surface area contributed by atoms with Crippen LogP contribution in [0, 0.1) is 13.8 Å². The first-order valence-corrected chi connectivity index (χ1v) is 23.4. The Balaban J connectivity index is 0.000000262. The fourth-order valence-electron chi connectivity index (χ4n) is 6.48. The molecule has 29 heteroatoms. The van der Waals surface area contributed by atoms with Gasteiger partial charge in [-0.05, 0) is 149 Å². The lowest BCUT2D eigenvalue weighted by Crippen LogP contribution is -2.37. The number of alkyl carbamates (subject to hydrolysis) is 2. The first-order valence-electron chi connectivity index (χ1n) is 21.7. The molecule has 0 radical (unpaired) electrons. The van der Waals surface area contributed by atoms with Crippen molar-refractivity contribution >= 4 is 94.1 Å². The molecule has 2 aliphatic heterocycles. The van der Waals surface area contributed by atoms with Gasteiger partial charge in [-0.25, -0.2) is 9.59 Å². The number of nitrogen functional groups attached to an aromatic ring is 1. The molecule has 384 valence electrons. The Morgan fingerprint density at radius 2 is 1.13 bits per heavy atom. The smallest absolute Gasteiger partial charge is 0.480 e. The van der Waals surface area contributed by atoms with Crippen LogP contribution in [0.4, 0.5) is 19.9 Å². The SMILES string of the molecule is CC(C)(C)OC(=O)NCC(=O)O.CCOC(=O)CC1OB(O)c2cc(Oc3nnc(N)s3)cc(C)c21.CCOC(=O)CC1OB(O)c2cc(Oc3nnc(NC(=O)CNC(=O)OC(C)(C)C)s3)cc(C)c21. The number of fused-ring (bicyclic) bond motifs is 2. The zero-order valence-electron chi connectivity index (χ0n) is 40.6. The Bertz CT molecular complexity index is 2530. The lowest BCUT2D eigenvalue weighted by atomic mass is 9.77. The van der Waals surface area contributed by atoms with Crippen molar-refractivity contribution in [1.29, 1.82) is 0 Å². The highest BCUT2D eigenvalue weighted by atomic mass is 32.1. The molecule has 6 rings (SSSR count). The zero-order chi connectivity index (χ0) is 52.8. The minimum Gasteiger partial charge on any atom is -0.480 e. The van der Waals surface area contributed by atoms with Crippen molar-refractivity contribution in [3.63, 3.8) is 0 Å². The molecule has 0 fully saturated rings. The van der Waals surface area contributed by atoms with Gasteiger partial charge in [-0.15, -0.1) is 10.2 Å². The van der Waals surface area contributed by atoms with E-state index in [4.69, 9.17) is 48.6 Å². The van der Waals surface area contributed by atoms with Crippen LogP contribution in [0.3, 0.4) is 0 Å². The maximum absolute atomic E-state index is 12.0. The van der Waals surface area contributed by atoms with Crippen LogP contribution in [0.1, 0.15) is 103 Å². The molecular weight excluding hydrogens is 974 g/mol. The van der Waals surface area contributed by atoms with Gasteiger partial charge >= 0.3 is 54.7 Å². The van der Waals surface area contributed by atoms with E-state index in [9.17, 15) is 38.8 Å². The number of nitrogens with two attached hydrogens (primary N) is 1. The number of benzene rings is 2. The number of nitrogens with one attached hydrogen (secondary N) is 3. The van der Waals surface area contributed by atoms with Crippen molar-refractivity contribution in [2.45, 2.75) is 105 Å². The van der Waals surface area contributed by atoms with E-state index in [1.807, 2.05) is 13.8 Å². The van der Waals surface area contributed by atoms with E-state index in [2.05, 4.69) is 36.3 Å². The van der Waals surface area contributed by atoms with Gasteiger partial charge in [0.25, 0.3) is 0 Å². The average molecular weight is 1030 g/mol. The number of aliphatic carboxylic acids is 1. The topological polar surface area (TPSA) is 351 Å². The average Bonchev–Trinajstić information content (AvgIpc) is 4.02. The van der Waals surface area contributed by atoms with Gasteiger partial charge in [0.1, 0.15) is 35.8 Å². The molecular formula is C42H56B2N8O17S2. The third kappa shape index (κ3) is 18.6. The van der Waals surface area contributed by atoms with Gasteiger partial charge in [-0.2, -0.15) is 0 Å². The summed E-state index contributed by atoms with van der Waals surface area (Å²) in [5, 5.41) is 51.7. The first-order chi connectivity index (χ1) is 33.2. The number of hydrogen-bond acceptors (Lipinski definition) is 23. The number of hydrogen-bond donors (Lipinski definition) is 7. The largest absolute Gasteiger partial charge is 0.492 e. The fraction of sp³-hybridized carbons (Fsp3) is 0.476. The summed E-state index contributed by atoms with van der Waals surface area (Å²) in [6.45, 7) is 17.2. The van der Waals surface area contributed by atoms with Gasteiger partial charge < -0.3 is 69.3 Å². The first kappa shape index (κ1) is 56.9. The summed E-state index contributed by atoms with van der Waals surface area (Å²) >= 11 is 2.09. The van der Waals surface area contributed by atoms with Crippen molar-refractivity contribution in [3.8, 4) is 21.9 Å². The maximum atomic E-state index is 12.0. The third-order valence-electron chi connectivity index (χ3n) is 8.92. The Morgan fingerprint density at radius 3 is 1.54 bits per heavy atom. The number of carboxylic acid groups (broad SMARTS) is 1. The van der Waals surface area contributed by atoms with E-state index in [0.29, 0.717) is 44.9 Å². The van der Waals surface area contributed by atoms with Crippen molar-refractivity contribution in [1.82, 2.24) is 31.0 Å². The van der Waals surface area contributed by atoms with Gasteiger partial charge in [0, 0.05) is 0 Å². The number of ether oxygens (including phenoxy) is 6. The zero-order valence-corrected chi connectivity index (χ0v) is 42.2. The molecule has 0 spiro atoms. The number of carboxylic acids is 1. The number of anilines is 2. The number of esters is 2. The van der Waals surface area contributed by atoms with Gasteiger partial charge in [-0.1, -0.05) is 10.2 Å². The molecule has 4 heterocycles. The fourth-order valence-corrected chi connectivity index (χ4v) is 7.59. The molecule has 8 N–H and O–H groups in total. The molecule has 0 bridgehead atoms. The molecule has 2 atom stereocenters. The molecule has 71 heavy (non-hydrogen) atoms. The van der Waals surface area contributed by atoms with Crippen molar-refractivity contribution < 1.29 is 81.7 Å². The molecule has 2 unspecified atom stereocenters. The van der Waals surface area contributed by atoms with Crippen LogP contribution in [0.2, 0.25) is 0 Å². The normalized spacial score (nSPS) is 14.5. The summed E-state index contributed by atoms with van der Waals surface area (Å²) in [6.07, 6.45) is -2.56. The van der Waals surface area contributed by atoms with Crippen LogP contribution < -0.4 is 42.1 Å². The van der Waals surface area contributed by atoms with E-state index in [1.165, 1.54) is 0 Å². The van der Waals surface area contributed by atoms with E-state index in [-0.39, 0.29) is 42.3 Å². The van der Waals surface area contributed by atoms with Crippen molar-refractivity contribution in [3.05, 3.63) is 46.5 Å². The Kier molecular flexibility index (Phi) is 20.4. The standard InChI is InChI=1S/C21H27BN4O8S.C14H16BN3O5S.C7H13NO4/c1-6-31-16(28)9-14-17-11(2)7-12(8-13(17)22(30)34-14)32-20-26-25-18(35-20)24-15(27)10-23-19(29)33-21(3,4)5;1-3-21-11(19)6-10-12-7(2)4-8(5-9(12)15(20)23-10)22-14-18-17-13(16)24-14;1-7(2,3)12-6(11)8-4-5(9)10/h7-8,14,30H,6,9-10H2,1-5H3,(H,23,29)(H,24,25,27);4-5,10,20H,3,6H2,1-2H3,(H2,16,17);4H2,1-3H3,(H,8,11)(H,9,10). The van der Waals surface area contributed by atoms with E-state index in [1.54, 1.807) is 79.7 Å². The summed E-state index contributed by atoms with van der Waals surface area (Å²) < 4.78 is 42.2. The van der Waals surface area contributed by atoms with E-state index < -0.39 is 74.2 Å². The number of aromatic nitrogens is 4. The highest BCUT2D eigenvalue weighted by molar-refractivity contribution is 7.17. The second-order valence-corrected chi connectivity index (χ2v) is 19.0. The van der Waals surface area contributed by atoms with E-state index in [0.717, 1.165) is 39.4 Å². The lowest BCUT2D eigenvalue weighted by molar-refractivity contribution is -0.146. The van der Waals surface area contributed by atoms with Crippen LogP contribution in [0.25, 0.3) is 0 Å². The number of amides is 3. The van der Waals surface area contributed by atoms with Gasteiger partial charge in [0.2, 0.25) is 16.2 Å². The lowest BCUT2D eigenvalue weighted by Gasteiger charge is -2.19. The monoisotopic (exact) mass is 1030 g/mol. The second-order valence-electron chi connectivity index (χ2n) is 17.1. The minimum absolute atomic E-state index is 0.0127. The summed E-state index contributed by atoms with van der Waals surface area (Å²) in [4.78, 5) is 68.0. The number of carbonyl (C=O) groups excluding carboxylic acids is 5. The van der Waals surface area contributed by atoms with Gasteiger partial charge in [0.05, 0.1) is 38.3 Å². The molecule has 4 aromatic rings. The summed E-state index contributed by atoms with van der Waals surface area (Å²) in [5.74, 6) is -1.53. The molecule has 2 aliphatic rings. The van der Waals surface area contributed by atoms with Crippen LogP contribution in [0.15, 0.2) is 24.3 Å². The maximum Gasteiger partial charge on any atom is 0.492 e. The molecule has 25 nitrogen and oxygen atoms in total. The number of aryl methyl sites for hydroxylation is 2. The van der Waals surface area contributed by atoms with Crippen molar-refractivity contribution in [2.75, 3.05) is 37.4 Å². The Hall–Kier alpha value is -6.65. The molecule has 3 amide bonds. The molecule has 0 saturated heterocycles. The molecule has 2 aromatic heterocycles. The Labute approximate surface area is 416 Å². The minimum atomic E-state index is -1.21. The summed E-state index contributed by atoms with van der Waals surface area (Å²) in [5.41, 5.74) is 8.39. The molecule has 0 aliphatic carbocycles. The van der Waals surface area contributed by atoms with Crippen LogP contribution >= 0.6 is 22.7 Å². The predicted molar refractivity (Wildman–Crippen MR) is 257 cm³/mol. The number of rotatable bonds is 15.